The molecule has 0 bridgehead atoms. The van der Waals surface area contributed by atoms with Crippen molar-refractivity contribution in [1.29, 1.82) is 0 Å². The van der Waals surface area contributed by atoms with Crippen LogP contribution >= 0.6 is 0 Å². The van der Waals surface area contributed by atoms with E-state index in [-0.39, 0.29) is 0 Å². The molecular formula is C12H18N2O2S. The molecule has 2 N–H and O–H groups in total. The van der Waals surface area contributed by atoms with Crippen molar-refractivity contribution in [2.45, 2.75) is 31.2 Å². The summed E-state index contributed by atoms with van der Waals surface area (Å²) in [6, 6.07) is 5.31. The smallest absolute Gasteiger partial charge is 0.243 e. The monoisotopic (exact) mass is 254 g/mol. The Labute approximate surface area is 102 Å². The van der Waals surface area contributed by atoms with E-state index in [9.17, 15) is 8.42 Å². The summed E-state index contributed by atoms with van der Waals surface area (Å²) in [6.07, 6.45) is 1.92. The zero-order chi connectivity index (χ0) is 12.5. The summed E-state index contributed by atoms with van der Waals surface area (Å²) in [6.45, 7) is 3.54. The molecule has 94 valence electrons. The maximum atomic E-state index is 12.3. The summed E-state index contributed by atoms with van der Waals surface area (Å²) in [4.78, 5) is 0.414. The summed E-state index contributed by atoms with van der Waals surface area (Å²) in [5.41, 5.74) is 7.28. The van der Waals surface area contributed by atoms with E-state index in [0.29, 0.717) is 24.5 Å². The third kappa shape index (κ3) is 2.36. The third-order valence-electron chi connectivity index (χ3n) is 3.16. The highest BCUT2D eigenvalue weighted by Gasteiger charge is 2.28. The van der Waals surface area contributed by atoms with E-state index in [2.05, 4.69) is 0 Å². The van der Waals surface area contributed by atoms with E-state index in [1.54, 1.807) is 16.4 Å². The van der Waals surface area contributed by atoms with Gasteiger partial charge in [-0.3, -0.25) is 0 Å². The Morgan fingerprint density at radius 2 is 1.94 bits per heavy atom. The van der Waals surface area contributed by atoms with E-state index in [1.165, 1.54) is 0 Å². The van der Waals surface area contributed by atoms with Gasteiger partial charge >= 0.3 is 0 Å². The molecule has 0 atom stereocenters. The first kappa shape index (κ1) is 12.5. The second-order valence-corrected chi connectivity index (χ2v) is 6.32. The molecule has 4 nitrogen and oxygen atoms in total. The highest BCUT2D eigenvalue weighted by molar-refractivity contribution is 7.89. The summed E-state index contributed by atoms with van der Waals surface area (Å²) >= 11 is 0. The van der Waals surface area contributed by atoms with Crippen molar-refractivity contribution in [2.24, 2.45) is 5.73 Å². The minimum atomic E-state index is -3.30. The van der Waals surface area contributed by atoms with Crippen molar-refractivity contribution in [3.63, 3.8) is 0 Å². The average Bonchev–Trinajstić information content (AvgIpc) is 2.82. The SMILES string of the molecule is Cc1cc(CN)ccc1S(=O)(=O)N1CCCC1. The molecule has 1 saturated heterocycles. The molecule has 1 aliphatic rings. The number of hydrogen-bond donors (Lipinski definition) is 1. The molecular weight excluding hydrogens is 236 g/mol. The maximum Gasteiger partial charge on any atom is 0.243 e. The highest BCUT2D eigenvalue weighted by atomic mass is 32.2. The predicted molar refractivity (Wildman–Crippen MR) is 67.1 cm³/mol. The number of nitrogens with zero attached hydrogens (tertiary/aromatic N) is 1. The second kappa shape index (κ2) is 4.76. The Morgan fingerprint density at radius 1 is 1.29 bits per heavy atom. The van der Waals surface area contributed by atoms with Gasteiger partial charge in [0.15, 0.2) is 0 Å². The molecule has 0 saturated carbocycles. The third-order valence-corrected chi connectivity index (χ3v) is 5.22. The quantitative estimate of drug-likeness (QED) is 0.882. The molecule has 0 radical (unpaired) electrons. The molecule has 0 unspecified atom stereocenters. The fourth-order valence-corrected chi connectivity index (χ4v) is 3.92. The Bertz CT molecular complexity index is 505. The van der Waals surface area contributed by atoms with Gasteiger partial charge in [0.25, 0.3) is 0 Å². The van der Waals surface area contributed by atoms with Gasteiger partial charge in [-0.1, -0.05) is 12.1 Å². The molecule has 0 spiro atoms. The second-order valence-electron chi connectivity index (χ2n) is 4.42. The Balaban J connectivity index is 2.39. The molecule has 1 heterocycles. The van der Waals surface area contributed by atoms with Crippen LogP contribution < -0.4 is 5.73 Å². The van der Waals surface area contributed by atoms with Crippen molar-refractivity contribution in [1.82, 2.24) is 4.31 Å². The van der Waals surface area contributed by atoms with Crippen molar-refractivity contribution in [3.05, 3.63) is 29.3 Å². The van der Waals surface area contributed by atoms with Crippen LogP contribution in [0.3, 0.4) is 0 Å². The summed E-state index contributed by atoms with van der Waals surface area (Å²) < 4.78 is 26.3. The van der Waals surface area contributed by atoms with Gasteiger partial charge in [-0.15, -0.1) is 0 Å². The minimum Gasteiger partial charge on any atom is -0.326 e. The van der Waals surface area contributed by atoms with Gasteiger partial charge in [0.05, 0.1) is 4.90 Å². The van der Waals surface area contributed by atoms with E-state index < -0.39 is 10.0 Å². The lowest BCUT2D eigenvalue weighted by Gasteiger charge is -2.17. The minimum absolute atomic E-state index is 0.414. The van der Waals surface area contributed by atoms with Crippen LogP contribution in [-0.4, -0.2) is 25.8 Å². The van der Waals surface area contributed by atoms with E-state index in [0.717, 1.165) is 24.0 Å². The Kier molecular flexibility index (Phi) is 3.51. The number of sulfonamides is 1. The normalized spacial score (nSPS) is 17.5. The topological polar surface area (TPSA) is 63.4 Å². The van der Waals surface area contributed by atoms with Crippen molar-refractivity contribution in [2.75, 3.05) is 13.1 Å². The molecule has 0 amide bonds. The largest absolute Gasteiger partial charge is 0.326 e. The number of hydrogen-bond acceptors (Lipinski definition) is 3. The van der Waals surface area contributed by atoms with Gasteiger partial charge in [0, 0.05) is 19.6 Å². The molecule has 1 aromatic carbocycles. The molecule has 1 fully saturated rings. The van der Waals surface area contributed by atoms with Crippen LogP contribution in [0.25, 0.3) is 0 Å². The van der Waals surface area contributed by atoms with Crippen molar-refractivity contribution in [3.8, 4) is 0 Å². The molecule has 0 aromatic heterocycles. The first-order chi connectivity index (χ1) is 8.05. The first-order valence-electron chi connectivity index (χ1n) is 5.85. The summed E-state index contributed by atoms with van der Waals surface area (Å²) in [7, 11) is -3.30. The fourth-order valence-electron chi connectivity index (χ4n) is 2.20. The molecule has 1 aliphatic heterocycles. The standard InChI is InChI=1S/C12H18N2O2S/c1-10-8-11(9-13)4-5-12(10)17(15,16)14-6-2-3-7-14/h4-5,8H,2-3,6-7,9,13H2,1H3. The van der Waals surface area contributed by atoms with E-state index in [4.69, 9.17) is 5.73 Å². The van der Waals surface area contributed by atoms with Crippen molar-refractivity contribution >= 4 is 10.0 Å². The molecule has 17 heavy (non-hydrogen) atoms. The molecule has 5 heteroatoms. The van der Waals surface area contributed by atoms with Gasteiger partial charge in [-0.05, 0) is 37.0 Å². The summed E-state index contributed by atoms with van der Waals surface area (Å²) in [5.74, 6) is 0. The lowest BCUT2D eigenvalue weighted by molar-refractivity contribution is 0.477. The molecule has 0 aliphatic carbocycles. The molecule has 2 rings (SSSR count). The predicted octanol–water partition coefficient (Wildman–Crippen LogP) is 1.24. The van der Waals surface area contributed by atoms with E-state index in [1.807, 2.05) is 13.0 Å². The Morgan fingerprint density at radius 3 is 2.47 bits per heavy atom. The number of rotatable bonds is 3. The van der Waals surface area contributed by atoms with Crippen LogP contribution in [0.15, 0.2) is 23.1 Å². The van der Waals surface area contributed by atoms with Crippen LogP contribution in [0.1, 0.15) is 24.0 Å². The van der Waals surface area contributed by atoms with Crippen LogP contribution in [-0.2, 0) is 16.6 Å². The zero-order valence-corrected chi connectivity index (χ0v) is 10.8. The number of benzene rings is 1. The van der Waals surface area contributed by atoms with Gasteiger partial charge in [0.1, 0.15) is 0 Å². The molecule has 1 aromatic rings. The summed E-state index contributed by atoms with van der Waals surface area (Å²) in [5, 5.41) is 0. The zero-order valence-electron chi connectivity index (χ0n) is 10.0. The first-order valence-corrected chi connectivity index (χ1v) is 7.29. The van der Waals surface area contributed by atoms with Crippen LogP contribution in [0, 0.1) is 6.92 Å². The van der Waals surface area contributed by atoms with Gasteiger partial charge in [0.2, 0.25) is 10.0 Å². The average molecular weight is 254 g/mol. The Hall–Kier alpha value is -0.910. The van der Waals surface area contributed by atoms with Gasteiger partial charge < -0.3 is 5.73 Å². The lowest BCUT2D eigenvalue weighted by Crippen LogP contribution is -2.28. The van der Waals surface area contributed by atoms with Gasteiger partial charge in [-0.2, -0.15) is 4.31 Å². The van der Waals surface area contributed by atoms with Crippen LogP contribution in [0.4, 0.5) is 0 Å². The van der Waals surface area contributed by atoms with Crippen LogP contribution in [0.2, 0.25) is 0 Å². The highest BCUT2D eigenvalue weighted by Crippen LogP contribution is 2.24. The number of nitrogens with two attached hydrogens (primary N) is 1. The lowest BCUT2D eigenvalue weighted by atomic mass is 10.1. The van der Waals surface area contributed by atoms with E-state index >= 15 is 0 Å². The maximum absolute atomic E-state index is 12.3. The van der Waals surface area contributed by atoms with Crippen LogP contribution in [0.5, 0.6) is 0 Å². The van der Waals surface area contributed by atoms with Crippen molar-refractivity contribution < 1.29 is 8.42 Å². The fraction of sp³-hybridized carbons (Fsp3) is 0.500. The number of aryl methyl sites for hydroxylation is 1. The van der Waals surface area contributed by atoms with Gasteiger partial charge in [-0.25, -0.2) is 8.42 Å².